The number of methoxy groups -OCH3 is 2. The topological polar surface area (TPSA) is 33.8 Å². The van der Waals surface area contributed by atoms with Crippen molar-refractivity contribution in [3.05, 3.63) is 94.5 Å². The predicted molar refractivity (Wildman–Crippen MR) is 115 cm³/mol. The summed E-state index contributed by atoms with van der Waals surface area (Å²) in [5, 5.41) is 0.732. The zero-order chi connectivity index (χ0) is 20.0. The zero-order valence-corrected chi connectivity index (χ0v) is 17.0. The lowest BCUT2D eigenvalue weighted by molar-refractivity contribution is 0.351. The largest absolute Gasteiger partial charge is 0.493 e. The summed E-state index contributed by atoms with van der Waals surface area (Å²) in [5.74, 6) is 1.44. The molecule has 146 valence electrons. The fourth-order valence-electron chi connectivity index (χ4n) is 4.25. The van der Waals surface area contributed by atoms with E-state index in [9.17, 15) is 0 Å². The van der Waals surface area contributed by atoms with E-state index in [0.29, 0.717) is 6.04 Å². The Bertz CT molecular complexity index is 1070. The van der Waals surface area contributed by atoms with E-state index in [0.717, 1.165) is 33.4 Å². The minimum Gasteiger partial charge on any atom is -0.493 e. The van der Waals surface area contributed by atoms with Crippen molar-refractivity contribution in [1.29, 1.82) is 0 Å². The molecular formula is C24H21ClN2O2. The second kappa shape index (κ2) is 7.21. The number of ether oxygens (including phenoxy) is 2. The van der Waals surface area contributed by atoms with Crippen molar-refractivity contribution in [2.45, 2.75) is 18.2 Å². The van der Waals surface area contributed by atoms with E-state index in [-0.39, 0.29) is 12.2 Å². The molecule has 3 aromatic carbocycles. The summed E-state index contributed by atoms with van der Waals surface area (Å²) in [6, 6.07) is 25.2. The third-order valence-electron chi connectivity index (χ3n) is 5.66. The van der Waals surface area contributed by atoms with Crippen LogP contribution in [0.3, 0.4) is 0 Å². The SMILES string of the molecule is COc1ccc([C@@H]2N=C(c3ccc(Cl)cc3)[C@@H]3[C@@H](c4ccccc4)N32)cc1OC. The lowest BCUT2D eigenvalue weighted by atomic mass is 10.0. The molecule has 0 spiro atoms. The molecule has 0 aromatic heterocycles. The van der Waals surface area contributed by atoms with E-state index in [1.165, 1.54) is 5.56 Å². The Morgan fingerprint density at radius 2 is 1.52 bits per heavy atom. The van der Waals surface area contributed by atoms with Crippen molar-refractivity contribution < 1.29 is 9.47 Å². The Balaban J connectivity index is 1.57. The van der Waals surface area contributed by atoms with Gasteiger partial charge in [0.2, 0.25) is 0 Å². The van der Waals surface area contributed by atoms with Gasteiger partial charge in [0.1, 0.15) is 6.17 Å². The monoisotopic (exact) mass is 404 g/mol. The molecule has 0 radical (unpaired) electrons. The third kappa shape index (κ3) is 3.09. The second-order valence-electron chi connectivity index (χ2n) is 7.26. The van der Waals surface area contributed by atoms with Crippen molar-refractivity contribution in [1.82, 2.24) is 4.90 Å². The number of nitrogens with zero attached hydrogens (tertiary/aromatic N) is 2. The first kappa shape index (κ1) is 18.2. The molecule has 1 saturated heterocycles. The summed E-state index contributed by atoms with van der Waals surface area (Å²) >= 11 is 6.10. The number of hydrogen-bond acceptors (Lipinski definition) is 4. The van der Waals surface area contributed by atoms with Gasteiger partial charge >= 0.3 is 0 Å². The number of halogens is 1. The van der Waals surface area contributed by atoms with Crippen LogP contribution in [0.5, 0.6) is 11.5 Å². The molecule has 2 aliphatic rings. The molecular weight excluding hydrogens is 384 g/mol. The highest BCUT2D eigenvalue weighted by Gasteiger charge is 2.59. The summed E-state index contributed by atoms with van der Waals surface area (Å²) in [5.41, 5.74) is 4.63. The molecule has 0 amide bonds. The van der Waals surface area contributed by atoms with E-state index >= 15 is 0 Å². The number of hydrogen-bond donors (Lipinski definition) is 0. The highest BCUT2D eigenvalue weighted by atomic mass is 35.5. The molecule has 5 rings (SSSR count). The van der Waals surface area contributed by atoms with E-state index in [4.69, 9.17) is 26.1 Å². The van der Waals surface area contributed by atoms with Crippen LogP contribution in [0.2, 0.25) is 5.02 Å². The zero-order valence-electron chi connectivity index (χ0n) is 16.2. The van der Waals surface area contributed by atoms with E-state index in [1.54, 1.807) is 14.2 Å². The van der Waals surface area contributed by atoms with Crippen LogP contribution >= 0.6 is 11.6 Å². The van der Waals surface area contributed by atoms with Gasteiger partial charge < -0.3 is 9.47 Å². The van der Waals surface area contributed by atoms with Crippen LogP contribution in [0, 0.1) is 0 Å². The second-order valence-corrected chi connectivity index (χ2v) is 7.69. The van der Waals surface area contributed by atoms with Gasteiger partial charge in [0.25, 0.3) is 0 Å². The first-order valence-electron chi connectivity index (χ1n) is 9.59. The van der Waals surface area contributed by atoms with Gasteiger partial charge in [-0.15, -0.1) is 0 Å². The summed E-state index contributed by atoms with van der Waals surface area (Å²) in [6.07, 6.45) is -0.0595. The van der Waals surface area contributed by atoms with Crippen molar-refractivity contribution in [2.24, 2.45) is 4.99 Å². The van der Waals surface area contributed by atoms with E-state index in [2.05, 4.69) is 53.4 Å². The van der Waals surface area contributed by atoms with Crippen LogP contribution in [0.25, 0.3) is 0 Å². The fourth-order valence-corrected chi connectivity index (χ4v) is 4.37. The highest BCUT2D eigenvalue weighted by molar-refractivity contribution is 6.30. The number of benzene rings is 3. The van der Waals surface area contributed by atoms with Gasteiger partial charge in [-0.1, -0.05) is 60.1 Å². The summed E-state index contributed by atoms with van der Waals surface area (Å²) in [6.45, 7) is 0. The molecule has 0 N–H and O–H groups in total. The smallest absolute Gasteiger partial charge is 0.161 e. The van der Waals surface area contributed by atoms with Crippen molar-refractivity contribution in [2.75, 3.05) is 14.2 Å². The van der Waals surface area contributed by atoms with E-state index < -0.39 is 0 Å². The lowest BCUT2D eigenvalue weighted by Crippen LogP contribution is -2.08. The maximum atomic E-state index is 6.10. The van der Waals surface area contributed by atoms with Gasteiger partial charge in [0.15, 0.2) is 11.5 Å². The molecule has 4 nitrogen and oxygen atoms in total. The fraction of sp³-hybridized carbons (Fsp3) is 0.208. The lowest BCUT2D eigenvalue weighted by Gasteiger charge is -2.16. The van der Waals surface area contributed by atoms with Crippen LogP contribution in [-0.2, 0) is 0 Å². The van der Waals surface area contributed by atoms with Crippen LogP contribution in [0.15, 0.2) is 77.8 Å². The average Bonchev–Trinajstić information content (AvgIpc) is 3.38. The molecule has 1 unspecified atom stereocenters. The highest BCUT2D eigenvalue weighted by Crippen LogP contribution is 2.56. The predicted octanol–water partition coefficient (Wildman–Crippen LogP) is 5.28. The summed E-state index contributed by atoms with van der Waals surface area (Å²) in [7, 11) is 3.31. The molecule has 2 heterocycles. The van der Waals surface area contributed by atoms with Crippen molar-refractivity contribution >= 4 is 17.3 Å². The van der Waals surface area contributed by atoms with Crippen molar-refractivity contribution in [3.8, 4) is 11.5 Å². The van der Waals surface area contributed by atoms with Crippen LogP contribution in [0.4, 0.5) is 0 Å². The Morgan fingerprint density at radius 3 is 2.21 bits per heavy atom. The minimum atomic E-state index is -0.0595. The molecule has 3 aromatic rings. The summed E-state index contributed by atoms with van der Waals surface area (Å²) in [4.78, 5) is 7.54. The number of aliphatic imine (C=N–C) groups is 1. The van der Waals surface area contributed by atoms with Gasteiger partial charge in [0.05, 0.1) is 32.0 Å². The minimum absolute atomic E-state index is 0.0595. The molecule has 2 aliphatic heterocycles. The van der Waals surface area contributed by atoms with Crippen LogP contribution in [-0.4, -0.2) is 30.9 Å². The first-order valence-corrected chi connectivity index (χ1v) is 9.97. The van der Waals surface area contributed by atoms with Gasteiger partial charge in [-0.05, 0) is 41.0 Å². The molecule has 5 heteroatoms. The molecule has 29 heavy (non-hydrogen) atoms. The Kier molecular flexibility index (Phi) is 4.53. The maximum absolute atomic E-state index is 6.10. The summed E-state index contributed by atoms with van der Waals surface area (Å²) < 4.78 is 10.9. The molecule has 0 bridgehead atoms. The van der Waals surface area contributed by atoms with Crippen LogP contribution in [0.1, 0.15) is 28.9 Å². The van der Waals surface area contributed by atoms with Gasteiger partial charge in [-0.25, -0.2) is 0 Å². The third-order valence-corrected chi connectivity index (χ3v) is 5.91. The molecule has 0 aliphatic carbocycles. The van der Waals surface area contributed by atoms with Crippen LogP contribution < -0.4 is 9.47 Å². The number of rotatable bonds is 5. The Hall–Kier alpha value is -2.82. The Morgan fingerprint density at radius 1 is 0.793 bits per heavy atom. The van der Waals surface area contributed by atoms with Gasteiger partial charge in [-0.2, -0.15) is 0 Å². The Labute approximate surface area is 175 Å². The average molecular weight is 405 g/mol. The maximum Gasteiger partial charge on any atom is 0.161 e. The van der Waals surface area contributed by atoms with Crippen molar-refractivity contribution in [3.63, 3.8) is 0 Å². The van der Waals surface area contributed by atoms with Gasteiger partial charge in [-0.3, -0.25) is 9.89 Å². The standard InChI is InChI=1S/C24H21ClN2O2/c1-28-19-13-10-17(14-20(19)29-2)24-26-21(15-8-11-18(25)12-9-15)23-22(27(23)24)16-6-4-3-5-7-16/h3-14,22-24H,1-2H3/t22-,23-,24-,27?/m1/s1. The number of fused-ring (bicyclic) bond motifs is 1. The first-order chi connectivity index (χ1) is 14.2. The molecule has 0 saturated carbocycles. The van der Waals surface area contributed by atoms with E-state index in [1.807, 2.05) is 24.3 Å². The normalized spacial score (nSPS) is 24.6. The molecule has 1 fully saturated rings. The molecule has 4 atom stereocenters. The van der Waals surface area contributed by atoms with Gasteiger partial charge in [0, 0.05) is 5.02 Å². The quantitative estimate of drug-likeness (QED) is 0.542.